The van der Waals surface area contributed by atoms with Gasteiger partial charge in [-0.05, 0) is 51.3 Å². The van der Waals surface area contributed by atoms with Crippen molar-refractivity contribution in [2.24, 2.45) is 0 Å². The van der Waals surface area contributed by atoms with E-state index in [4.69, 9.17) is 18.9 Å². The Hall–Kier alpha value is -1.34. The van der Waals surface area contributed by atoms with Gasteiger partial charge in [0.25, 0.3) is 0 Å². The average molecular weight is 382 g/mol. The molecule has 0 aromatic heterocycles. The zero-order valence-electron chi connectivity index (χ0n) is 17.4. The predicted octanol–water partition coefficient (Wildman–Crippen LogP) is 2.86. The summed E-state index contributed by atoms with van der Waals surface area (Å²) >= 11 is 0. The number of hydrogen-bond acceptors (Lipinski definition) is 6. The van der Waals surface area contributed by atoms with Crippen LogP contribution in [0.5, 0.6) is 11.5 Å². The Morgan fingerprint density at radius 1 is 1.22 bits per heavy atom. The average Bonchev–Trinajstić information content (AvgIpc) is 3.12. The van der Waals surface area contributed by atoms with Crippen LogP contribution in [0.2, 0.25) is 0 Å². The molecule has 1 aromatic rings. The zero-order valence-corrected chi connectivity index (χ0v) is 17.4. The van der Waals surface area contributed by atoms with E-state index in [2.05, 4.69) is 4.90 Å². The molecule has 154 valence electrons. The second-order valence-corrected chi connectivity index (χ2v) is 8.10. The molecule has 1 aliphatic rings. The zero-order chi connectivity index (χ0) is 19.9. The molecule has 0 aliphatic carbocycles. The van der Waals surface area contributed by atoms with Crippen molar-refractivity contribution < 1.29 is 24.1 Å². The molecule has 1 saturated heterocycles. The van der Waals surface area contributed by atoms with E-state index in [0.717, 1.165) is 31.6 Å². The van der Waals surface area contributed by atoms with Crippen molar-refractivity contribution in [1.29, 1.82) is 0 Å². The number of rotatable bonds is 10. The molecule has 0 unspecified atom stereocenters. The first-order valence-electron chi connectivity index (χ1n) is 9.67. The summed E-state index contributed by atoms with van der Waals surface area (Å²) in [6.07, 6.45) is 1.84. The van der Waals surface area contributed by atoms with Gasteiger partial charge < -0.3 is 24.1 Å². The van der Waals surface area contributed by atoms with Crippen LogP contribution in [0.1, 0.15) is 39.2 Å². The van der Waals surface area contributed by atoms with Crippen molar-refractivity contribution >= 4 is 0 Å². The molecule has 2 rings (SSSR count). The Bertz CT molecular complexity index is 566. The van der Waals surface area contributed by atoms with E-state index in [-0.39, 0.29) is 11.7 Å². The normalized spacial score (nSPS) is 18.7. The van der Waals surface area contributed by atoms with Crippen LogP contribution in [0.15, 0.2) is 18.2 Å². The van der Waals surface area contributed by atoms with Crippen LogP contribution in [-0.4, -0.2) is 68.3 Å². The molecule has 27 heavy (non-hydrogen) atoms. The van der Waals surface area contributed by atoms with Gasteiger partial charge in [-0.25, -0.2) is 0 Å². The van der Waals surface area contributed by atoms with Crippen LogP contribution < -0.4 is 9.47 Å². The first-order chi connectivity index (χ1) is 12.8. The number of aliphatic hydroxyl groups is 1. The van der Waals surface area contributed by atoms with Crippen molar-refractivity contribution in [3.8, 4) is 11.5 Å². The Morgan fingerprint density at radius 3 is 2.56 bits per heavy atom. The summed E-state index contributed by atoms with van der Waals surface area (Å²) in [6.45, 7) is 9.15. The fourth-order valence-electron chi connectivity index (χ4n) is 3.21. The highest BCUT2D eigenvalue weighted by Gasteiger charge is 2.22. The van der Waals surface area contributed by atoms with Gasteiger partial charge in [-0.1, -0.05) is 6.07 Å². The lowest BCUT2D eigenvalue weighted by Gasteiger charge is -2.29. The molecular formula is C21H35NO5. The van der Waals surface area contributed by atoms with Gasteiger partial charge in [0.15, 0.2) is 11.5 Å². The van der Waals surface area contributed by atoms with E-state index in [1.807, 2.05) is 39.0 Å². The third-order valence-electron chi connectivity index (χ3n) is 4.52. The van der Waals surface area contributed by atoms with Crippen molar-refractivity contribution in [3.05, 3.63) is 23.8 Å². The fourth-order valence-corrected chi connectivity index (χ4v) is 3.21. The number of benzene rings is 1. The van der Waals surface area contributed by atoms with Crippen molar-refractivity contribution in [1.82, 2.24) is 4.90 Å². The first-order valence-corrected chi connectivity index (χ1v) is 9.67. The standard InChI is InChI=1S/C21H35NO5/c1-21(2,3)27-15-17(23)13-22(14-18-7-6-10-26-18)12-16-8-9-19(24-4)20(11-16)25-5/h8-9,11,17-18,23H,6-7,10,12-15H2,1-5H3/t17-,18-/m1/s1. The summed E-state index contributed by atoms with van der Waals surface area (Å²) in [7, 11) is 3.27. The smallest absolute Gasteiger partial charge is 0.161 e. The molecule has 1 aliphatic heterocycles. The molecule has 1 N–H and O–H groups in total. The molecule has 0 amide bonds. The van der Waals surface area contributed by atoms with Crippen LogP contribution in [0.3, 0.4) is 0 Å². The molecule has 6 heteroatoms. The number of nitrogens with zero attached hydrogens (tertiary/aromatic N) is 1. The summed E-state index contributed by atoms with van der Waals surface area (Å²) in [5, 5.41) is 10.5. The van der Waals surface area contributed by atoms with Crippen LogP contribution in [0.25, 0.3) is 0 Å². The number of aliphatic hydroxyl groups excluding tert-OH is 1. The minimum atomic E-state index is -0.550. The molecule has 1 fully saturated rings. The van der Waals surface area contributed by atoms with E-state index in [1.165, 1.54) is 0 Å². The van der Waals surface area contributed by atoms with Gasteiger partial charge in [0.2, 0.25) is 0 Å². The molecule has 0 bridgehead atoms. The monoisotopic (exact) mass is 381 g/mol. The molecule has 0 saturated carbocycles. The fraction of sp³-hybridized carbons (Fsp3) is 0.714. The maximum atomic E-state index is 10.5. The van der Waals surface area contributed by atoms with E-state index in [9.17, 15) is 5.11 Å². The summed E-state index contributed by atoms with van der Waals surface area (Å²) in [5.74, 6) is 1.43. The van der Waals surface area contributed by atoms with E-state index in [1.54, 1.807) is 14.2 Å². The van der Waals surface area contributed by atoms with Gasteiger partial charge in [0, 0.05) is 26.2 Å². The highest BCUT2D eigenvalue weighted by Crippen LogP contribution is 2.28. The molecule has 0 spiro atoms. The van der Waals surface area contributed by atoms with Crippen molar-refractivity contribution in [3.63, 3.8) is 0 Å². The molecule has 6 nitrogen and oxygen atoms in total. The summed E-state index contributed by atoms with van der Waals surface area (Å²) in [5.41, 5.74) is 0.846. The highest BCUT2D eigenvalue weighted by molar-refractivity contribution is 5.42. The summed E-state index contributed by atoms with van der Waals surface area (Å²) < 4.78 is 22.3. The third kappa shape index (κ3) is 7.66. The Balaban J connectivity index is 2.02. The second-order valence-electron chi connectivity index (χ2n) is 8.10. The molecule has 0 radical (unpaired) electrons. The minimum Gasteiger partial charge on any atom is -0.493 e. The topological polar surface area (TPSA) is 60.4 Å². The maximum Gasteiger partial charge on any atom is 0.161 e. The largest absolute Gasteiger partial charge is 0.493 e. The second kappa shape index (κ2) is 10.3. The maximum absolute atomic E-state index is 10.5. The summed E-state index contributed by atoms with van der Waals surface area (Å²) in [6, 6.07) is 5.93. The highest BCUT2D eigenvalue weighted by atomic mass is 16.5. The lowest BCUT2D eigenvalue weighted by molar-refractivity contribution is -0.0594. The van der Waals surface area contributed by atoms with Gasteiger partial charge in [-0.2, -0.15) is 0 Å². The molecule has 1 heterocycles. The molecule has 1 aromatic carbocycles. The summed E-state index contributed by atoms with van der Waals surface area (Å²) in [4.78, 5) is 2.23. The number of hydrogen-bond donors (Lipinski definition) is 1. The Kier molecular flexibility index (Phi) is 8.35. The van der Waals surface area contributed by atoms with Crippen LogP contribution in [-0.2, 0) is 16.0 Å². The van der Waals surface area contributed by atoms with Crippen LogP contribution in [0, 0.1) is 0 Å². The third-order valence-corrected chi connectivity index (χ3v) is 4.52. The van der Waals surface area contributed by atoms with E-state index in [0.29, 0.717) is 31.2 Å². The first kappa shape index (κ1) is 22.0. The number of methoxy groups -OCH3 is 2. The van der Waals surface area contributed by atoms with Gasteiger partial charge in [-0.3, -0.25) is 4.90 Å². The van der Waals surface area contributed by atoms with Gasteiger partial charge in [0.05, 0.1) is 38.6 Å². The SMILES string of the molecule is COc1ccc(CN(C[C@@H](O)COC(C)(C)C)C[C@H]2CCCO2)cc1OC. The van der Waals surface area contributed by atoms with Gasteiger partial charge in [0.1, 0.15) is 0 Å². The quantitative estimate of drug-likeness (QED) is 0.673. The lowest BCUT2D eigenvalue weighted by Crippen LogP contribution is -2.40. The van der Waals surface area contributed by atoms with Gasteiger partial charge >= 0.3 is 0 Å². The van der Waals surface area contributed by atoms with Crippen molar-refractivity contribution in [2.75, 3.05) is 40.5 Å². The van der Waals surface area contributed by atoms with Crippen LogP contribution in [0.4, 0.5) is 0 Å². The molecular weight excluding hydrogens is 346 g/mol. The minimum absolute atomic E-state index is 0.223. The number of ether oxygens (including phenoxy) is 4. The van der Waals surface area contributed by atoms with Crippen molar-refractivity contribution in [2.45, 2.75) is 58.0 Å². The predicted molar refractivity (Wildman–Crippen MR) is 106 cm³/mol. The Labute approximate surface area is 163 Å². The molecule has 2 atom stereocenters. The van der Waals surface area contributed by atoms with E-state index >= 15 is 0 Å². The van der Waals surface area contributed by atoms with Gasteiger partial charge in [-0.15, -0.1) is 0 Å². The van der Waals surface area contributed by atoms with E-state index < -0.39 is 6.10 Å². The van der Waals surface area contributed by atoms with Crippen LogP contribution >= 0.6 is 0 Å². The Morgan fingerprint density at radius 2 is 1.96 bits per heavy atom. The lowest BCUT2D eigenvalue weighted by atomic mass is 10.1.